The number of nitrogens with zero attached hydrogens (tertiary/aromatic N) is 1. The van der Waals surface area contributed by atoms with Crippen molar-refractivity contribution in [3.05, 3.63) is 28.8 Å². The number of nitrogens with two attached hydrogens (primary N) is 1. The molecule has 1 atom stereocenters. The summed E-state index contributed by atoms with van der Waals surface area (Å²) in [6.45, 7) is 6.47. The summed E-state index contributed by atoms with van der Waals surface area (Å²) in [5, 5.41) is 0.783. The first-order valence-corrected chi connectivity index (χ1v) is 6.76. The molecule has 0 aliphatic carbocycles. The van der Waals surface area contributed by atoms with Crippen molar-refractivity contribution in [3.63, 3.8) is 0 Å². The Balaban J connectivity index is 3.10. The van der Waals surface area contributed by atoms with E-state index in [4.69, 9.17) is 22.1 Å². The van der Waals surface area contributed by atoms with E-state index >= 15 is 0 Å². The lowest BCUT2D eigenvalue weighted by Crippen LogP contribution is -2.37. The maximum Gasteiger partial charge on any atom is 0.0663 e. The smallest absolute Gasteiger partial charge is 0.0663 e. The molecule has 4 heteroatoms. The molecule has 102 valence electrons. The molecule has 0 fully saturated rings. The van der Waals surface area contributed by atoms with E-state index in [1.807, 2.05) is 12.1 Å². The quantitative estimate of drug-likeness (QED) is 0.828. The number of hydrogen-bond acceptors (Lipinski definition) is 3. The topological polar surface area (TPSA) is 38.5 Å². The van der Waals surface area contributed by atoms with E-state index < -0.39 is 0 Å². The van der Waals surface area contributed by atoms with Crippen LogP contribution in [0.3, 0.4) is 0 Å². The zero-order valence-corrected chi connectivity index (χ0v) is 12.2. The number of para-hydroxylation sites is 1. The van der Waals surface area contributed by atoms with Gasteiger partial charge in [-0.25, -0.2) is 0 Å². The number of anilines is 1. The van der Waals surface area contributed by atoms with Crippen molar-refractivity contribution in [2.24, 2.45) is 5.73 Å². The summed E-state index contributed by atoms with van der Waals surface area (Å²) < 4.78 is 5.24. The number of hydrogen-bond donors (Lipinski definition) is 1. The number of likely N-dealkylation sites (N-methyl/N-ethyl adjacent to an activating group) is 1. The van der Waals surface area contributed by atoms with Gasteiger partial charge >= 0.3 is 0 Å². The summed E-state index contributed by atoms with van der Waals surface area (Å²) in [5.41, 5.74) is 7.97. The summed E-state index contributed by atoms with van der Waals surface area (Å²) in [7, 11) is 1.72. The van der Waals surface area contributed by atoms with Gasteiger partial charge in [-0.1, -0.05) is 23.7 Å². The van der Waals surface area contributed by atoms with E-state index in [1.165, 1.54) is 5.56 Å². The molecule has 0 heterocycles. The second-order valence-electron chi connectivity index (χ2n) is 4.38. The molecule has 0 aliphatic heterocycles. The normalized spacial score (nSPS) is 12.5. The van der Waals surface area contributed by atoms with Gasteiger partial charge in [-0.05, 0) is 38.4 Å². The second kappa shape index (κ2) is 7.62. The molecule has 1 aromatic rings. The minimum atomic E-state index is 0.288. The molecule has 18 heavy (non-hydrogen) atoms. The minimum Gasteiger partial charge on any atom is -0.383 e. The Kier molecular flexibility index (Phi) is 6.47. The van der Waals surface area contributed by atoms with Gasteiger partial charge in [-0.3, -0.25) is 0 Å². The molecule has 0 aliphatic rings. The van der Waals surface area contributed by atoms with Gasteiger partial charge in [0, 0.05) is 19.7 Å². The number of rotatable bonds is 7. The van der Waals surface area contributed by atoms with Crippen LogP contribution in [0.5, 0.6) is 0 Å². The van der Waals surface area contributed by atoms with Crippen molar-refractivity contribution >= 4 is 17.3 Å². The van der Waals surface area contributed by atoms with Crippen LogP contribution in [0.15, 0.2) is 18.2 Å². The van der Waals surface area contributed by atoms with Crippen molar-refractivity contribution in [3.8, 4) is 0 Å². The van der Waals surface area contributed by atoms with E-state index in [1.54, 1.807) is 7.11 Å². The van der Waals surface area contributed by atoms with E-state index in [-0.39, 0.29) is 6.04 Å². The van der Waals surface area contributed by atoms with E-state index in [0.29, 0.717) is 13.2 Å². The van der Waals surface area contributed by atoms with Crippen LogP contribution in [0.1, 0.15) is 19.4 Å². The third-order valence-electron chi connectivity index (χ3n) is 3.05. The second-order valence-corrected chi connectivity index (χ2v) is 4.78. The van der Waals surface area contributed by atoms with Crippen LogP contribution in [-0.4, -0.2) is 32.8 Å². The van der Waals surface area contributed by atoms with Crippen molar-refractivity contribution in [1.29, 1.82) is 0 Å². The Labute approximate surface area is 115 Å². The zero-order valence-electron chi connectivity index (χ0n) is 11.4. The van der Waals surface area contributed by atoms with Crippen molar-refractivity contribution in [2.45, 2.75) is 26.3 Å². The molecule has 0 amide bonds. The van der Waals surface area contributed by atoms with Gasteiger partial charge in [0.2, 0.25) is 0 Å². The van der Waals surface area contributed by atoms with Gasteiger partial charge in [-0.15, -0.1) is 0 Å². The Morgan fingerprint density at radius 2 is 2.17 bits per heavy atom. The highest BCUT2D eigenvalue weighted by molar-refractivity contribution is 6.33. The lowest BCUT2D eigenvalue weighted by molar-refractivity contribution is 0.182. The molecule has 2 N–H and O–H groups in total. The van der Waals surface area contributed by atoms with Crippen LogP contribution >= 0.6 is 11.6 Å². The number of halogens is 1. The molecular weight excluding hydrogens is 248 g/mol. The first-order valence-electron chi connectivity index (χ1n) is 6.38. The summed E-state index contributed by atoms with van der Waals surface area (Å²) in [5.74, 6) is 0. The first-order chi connectivity index (χ1) is 8.65. The number of ether oxygens (including phenoxy) is 1. The van der Waals surface area contributed by atoms with E-state index in [2.05, 4.69) is 24.8 Å². The molecular formula is C14H23ClN2O. The third kappa shape index (κ3) is 3.61. The number of methoxy groups -OCH3 is 1. The monoisotopic (exact) mass is 270 g/mol. The standard InChI is InChI=1S/C14H23ClN2O/c1-4-17(11(2)10-18-3)14-12(8-9-16)6-5-7-13(14)15/h5-7,11H,4,8-10,16H2,1-3H3. The van der Waals surface area contributed by atoms with Crippen LogP contribution in [0.2, 0.25) is 5.02 Å². The molecule has 1 aromatic carbocycles. The lowest BCUT2D eigenvalue weighted by Gasteiger charge is -2.32. The third-order valence-corrected chi connectivity index (χ3v) is 3.36. The molecule has 1 rings (SSSR count). The van der Waals surface area contributed by atoms with Gasteiger partial charge in [0.25, 0.3) is 0 Å². The molecule has 0 aromatic heterocycles. The molecule has 0 bridgehead atoms. The molecule has 0 saturated carbocycles. The fraction of sp³-hybridized carbons (Fsp3) is 0.571. The average molecular weight is 271 g/mol. The molecule has 0 saturated heterocycles. The van der Waals surface area contributed by atoms with Crippen LogP contribution in [0.25, 0.3) is 0 Å². The summed E-state index contributed by atoms with van der Waals surface area (Å²) in [6.07, 6.45) is 0.839. The van der Waals surface area contributed by atoms with Gasteiger partial charge in [-0.2, -0.15) is 0 Å². The lowest BCUT2D eigenvalue weighted by atomic mass is 10.1. The fourth-order valence-corrected chi connectivity index (χ4v) is 2.56. The van der Waals surface area contributed by atoms with Crippen LogP contribution < -0.4 is 10.6 Å². The molecule has 1 unspecified atom stereocenters. The molecule has 3 nitrogen and oxygen atoms in total. The Hall–Kier alpha value is -0.770. The van der Waals surface area contributed by atoms with Gasteiger partial charge in [0.05, 0.1) is 17.3 Å². The van der Waals surface area contributed by atoms with Gasteiger partial charge in [0.1, 0.15) is 0 Å². The molecule has 0 spiro atoms. The van der Waals surface area contributed by atoms with Gasteiger partial charge < -0.3 is 15.4 Å². The summed E-state index contributed by atoms with van der Waals surface area (Å²) in [6, 6.07) is 6.29. The minimum absolute atomic E-state index is 0.288. The Morgan fingerprint density at radius 1 is 1.44 bits per heavy atom. The fourth-order valence-electron chi connectivity index (χ4n) is 2.26. The number of benzene rings is 1. The Morgan fingerprint density at radius 3 is 2.72 bits per heavy atom. The van der Waals surface area contributed by atoms with Crippen molar-refractivity contribution < 1.29 is 4.74 Å². The highest BCUT2D eigenvalue weighted by Crippen LogP contribution is 2.31. The largest absolute Gasteiger partial charge is 0.383 e. The highest BCUT2D eigenvalue weighted by atomic mass is 35.5. The first kappa shape index (κ1) is 15.3. The molecule has 0 radical (unpaired) electrons. The summed E-state index contributed by atoms with van der Waals surface area (Å²) >= 11 is 6.36. The van der Waals surface area contributed by atoms with Crippen molar-refractivity contribution in [1.82, 2.24) is 0 Å². The van der Waals surface area contributed by atoms with Crippen LogP contribution in [-0.2, 0) is 11.2 Å². The highest BCUT2D eigenvalue weighted by Gasteiger charge is 2.18. The van der Waals surface area contributed by atoms with Crippen LogP contribution in [0.4, 0.5) is 5.69 Å². The predicted octanol–water partition coefficient (Wildman–Crippen LogP) is 2.70. The maximum atomic E-state index is 6.36. The summed E-state index contributed by atoms with van der Waals surface area (Å²) in [4.78, 5) is 2.27. The SMILES string of the molecule is CCN(c1c(Cl)cccc1CCN)C(C)COC. The van der Waals surface area contributed by atoms with Crippen LogP contribution in [0, 0.1) is 0 Å². The maximum absolute atomic E-state index is 6.36. The van der Waals surface area contributed by atoms with Crippen molar-refractivity contribution in [2.75, 3.05) is 31.7 Å². The van der Waals surface area contributed by atoms with Gasteiger partial charge in [0.15, 0.2) is 0 Å². The average Bonchev–Trinajstić information content (AvgIpc) is 2.34. The predicted molar refractivity (Wildman–Crippen MR) is 78.6 cm³/mol. The van der Waals surface area contributed by atoms with E-state index in [0.717, 1.165) is 23.7 Å². The van der Waals surface area contributed by atoms with E-state index in [9.17, 15) is 0 Å². The zero-order chi connectivity index (χ0) is 13.5. The Bertz CT molecular complexity index is 371.